The molecule has 3 rings (SSSR count). The maximum absolute atomic E-state index is 14.1. The van der Waals surface area contributed by atoms with Crippen LogP contribution in [0.3, 0.4) is 0 Å². The van der Waals surface area contributed by atoms with Gasteiger partial charge in [0.25, 0.3) is 5.69 Å². The molecule has 0 atom stereocenters. The second-order valence-corrected chi connectivity index (χ2v) is 8.18. The fraction of sp³-hybridized carbons (Fsp3) is 0.100. The molecule has 0 aromatic heterocycles. The van der Waals surface area contributed by atoms with Gasteiger partial charge < -0.3 is 0 Å². The van der Waals surface area contributed by atoms with Crippen molar-refractivity contribution in [3.8, 4) is 0 Å². The molecule has 0 unspecified atom stereocenters. The molecule has 29 heavy (non-hydrogen) atoms. The molecule has 0 aliphatic carbocycles. The summed E-state index contributed by atoms with van der Waals surface area (Å²) >= 11 is 0. The number of non-ortho nitro benzene ring substituents is 1. The van der Waals surface area contributed by atoms with Crippen LogP contribution in [0.2, 0.25) is 0 Å². The number of nitrogens with zero attached hydrogens (tertiary/aromatic N) is 2. The summed E-state index contributed by atoms with van der Waals surface area (Å²) in [6, 6.07) is 15.5. The zero-order chi connectivity index (χ0) is 21.0. The third kappa shape index (κ3) is 4.82. The Hall–Kier alpha value is -3.17. The first kappa shape index (κ1) is 20.6. The SMILES string of the molecule is O=[N+]([O-])c1ccc(S(=O)(=O)N(Cc2ccc(F)cc2)Cc2ccccc2F)cc1. The summed E-state index contributed by atoms with van der Waals surface area (Å²) < 4.78 is 54.7. The van der Waals surface area contributed by atoms with Gasteiger partial charge in [0.15, 0.2) is 0 Å². The van der Waals surface area contributed by atoms with E-state index in [2.05, 4.69) is 0 Å². The number of benzene rings is 3. The van der Waals surface area contributed by atoms with Gasteiger partial charge in [-0.25, -0.2) is 17.2 Å². The molecule has 0 bridgehead atoms. The molecule has 9 heteroatoms. The highest BCUT2D eigenvalue weighted by molar-refractivity contribution is 7.89. The van der Waals surface area contributed by atoms with Crippen LogP contribution in [-0.2, 0) is 23.1 Å². The first-order valence-corrected chi connectivity index (χ1v) is 9.94. The van der Waals surface area contributed by atoms with E-state index in [9.17, 15) is 27.3 Å². The molecule has 0 heterocycles. The van der Waals surface area contributed by atoms with Gasteiger partial charge in [-0.2, -0.15) is 4.31 Å². The minimum atomic E-state index is -4.12. The number of nitro groups is 1. The summed E-state index contributed by atoms with van der Waals surface area (Å²) in [4.78, 5) is 10.0. The van der Waals surface area contributed by atoms with Crippen molar-refractivity contribution in [2.45, 2.75) is 18.0 Å². The topological polar surface area (TPSA) is 80.5 Å². The van der Waals surface area contributed by atoms with Crippen molar-refractivity contribution >= 4 is 15.7 Å². The molecule has 0 saturated carbocycles. The van der Waals surface area contributed by atoms with Crippen LogP contribution in [0.4, 0.5) is 14.5 Å². The Bertz CT molecular complexity index is 1120. The molecular formula is C20H16F2N2O4S. The minimum Gasteiger partial charge on any atom is -0.258 e. The Morgan fingerprint density at radius 3 is 2.07 bits per heavy atom. The molecule has 0 aliphatic heterocycles. The molecule has 0 radical (unpaired) electrons. The summed E-state index contributed by atoms with van der Waals surface area (Å²) in [5, 5.41) is 10.8. The quantitative estimate of drug-likeness (QED) is 0.424. The van der Waals surface area contributed by atoms with Crippen LogP contribution in [0.1, 0.15) is 11.1 Å². The Labute approximate surface area is 166 Å². The Morgan fingerprint density at radius 1 is 0.862 bits per heavy atom. The van der Waals surface area contributed by atoms with E-state index in [1.807, 2.05) is 0 Å². The molecule has 0 fully saturated rings. The lowest BCUT2D eigenvalue weighted by Gasteiger charge is -2.23. The van der Waals surface area contributed by atoms with Gasteiger partial charge in [-0.05, 0) is 35.9 Å². The second-order valence-electron chi connectivity index (χ2n) is 6.24. The van der Waals surface area contributed by atoms with Crippen LogP contribution in [0, 0.1) is 21.7 Å². The Balaban J connectivity index is 1.99. The lowest BCUT2D eigenvalue weighted by atomic mass is 10.2. The van der Waals surface area contributed by atoms with Crippen molar-refractivity contribution < 1.29 is 22.1 Å². The van der Waals surface area contributed by atoms with Crippen LogP contribution in [-0.4, -0.2) is 17.6 Å². The molecular weight excluding hydrogens is 402 g/mol. The van der Waals surface area contributed by atoms with Gasteiger partial charge in [0.2, 0.25) is 10.0 Å². The lowest BCUT2D eigenvalue weighted by Crippen LogP contribution is -2.30. The number of nitro benzene ring substituents is 1. The van der Waals surface area contributed by atoms with Gasteiger partial charge in [0, 0.05) is 30.8 Å². The fourth-order valence-electron chi connectivity index (χ4n) is 2.72. The molecule has 0 N–H and O–H groups in total. The van der Waals surface area contributed by atoms with Crippen molar-refractivity contribution in [1.29, 1.82) is 0 Å². The minimum absolute atomic E-state index is 0.131. The number of halogens is 2. The summed E-state index contributed by atoms with van der Waals surface area (Å²) in [6.07, 6.45) is 0. The van der Waals surface area contributed by atoms with E-state index in [4.69, 9.17) is 0 Å². The van der Waals surface area contributed by atoms with E-state index in [0.717, 1.165) is 28.6 Å². The predicted octanol–water partition coefficient (Wildman–Crippen LogP) is 4.26. The summed E-state index contributed by atoms with van der Waals surface area (Å²) in [7, 11) is -4.12. The van der Waals surface area contributed by atoms with Crippen molar-refractivity contribution in [1.82, 2.24) is 4.31 Å². The molecule has 0 amide bonds. The monoisotopic (exact) mass is 418 g/mol. The first-order chi connectivity index (χ1) is 13.8. The molecule has 3 aromatic rings. The van der Waals surface area contributed by atoms with E-state index >= 15 is 0 Å². The highest BCUT2D eigenvalue weighted by Gasteiger charge is 2.26. The second kappa shape index (κ2) is 8.46. The average Bonchev–Trinajstić information content (AvgIpc) is 2.70. The molecule has 3 aromatic carbocycles. The van der Waals surface area contributed by atoms with E-state index < -0.39 is 26.6 Å². The highest BCUT2D eigenvalue weighted by atomic mass is 32.2. The van der Waals surface area contributed by atoms with Gasteiger partial charge in [-0.15, -0.1) is 0 Å². The summed E-state index contributed by atoms with van der Waals surface area (Å²) in [6.45, 7) is -0.392. The number of sulfonamides is 1. The smallest absolute Gasteiger partial charge is 0.258 e. The van der Waals surface area contributed by atoms with Gasteiger partial charge in [-0.1, -0.05) is 30.3 Å². The van der Waals surface area contributed by atoms with Crippen molar-refractivity contribution in [2.75, 3.05) is 0 Å². The Morgan fingerprint density at radius 2 is 1.48 bits per heavy atom. The zero-order valence-corrected chi connectivity index (χ0v) is 15.9. The van der Waals surface area contributed by atoms with E-state index in [0.29, 0.717) is 5.56 Å². The molecule has 0 aliphatic rings. The number of hydrogen-bond donors (Lipinski definition) is 0. The van der Waals surface area contributed by atoms with E-state index in [-0.39, 0.29) is 29.2 Å². The van der Waals surface area contributed by atoms with Gasteiger partial charge >= 0.3 is 0 Å². The third-order valence-corrected chi connectivity index (χ3v) is 6.07. The standard InChI is InChI=1S/C20H16F2N2O4S/c21-17-7-5-15(6-8-17)13-23(14-16-3-1-2-4-20(16)22)29(27,28)19-11-9-18(10-12-19)24(25)26/h1-12H,13-14H2. The van der Waals surface area contributed by atoms with Gasteiger partial charge in [0.05, 0.1) is 9.82 Å². The van der Waals surface area contributed by atoms with E-state index in [1.165, 1.54) is 42.5 Å². The van der Waals surface area contributed by atoms with Crippen molar-refractivity contribution in [2.24, 2.45) is 0 Å². The highest BCUT2D eigenvalue weighted by Crippen LogP contribution is 2.24. The van der Waals surface area contributed by atoms with Crippen molar-refractivity contribution in [3.05, 3.63) is 106 Å². The van der Waals surface area contributed by atoms with Gasteiger partial charge in [0.1, 0.15) is 11.6 Å². The molecule has 6 nitrogen and oxygen atoms in total. The van der Waals surface area contributed by atoms with Crippen LogP contribution in [0.5, 0.6) is 0 Å². The first-order valence-electron chi connectivity index (χ1n) is 8.50. The predicted molar refractivity (Wildman–Crippen MR) is 102 cm³/mol. The fourth-order valence-corrected chi connectivity index (χ4v) is 4.13. The molecule has 0 saturated heterocycles. The zero-order valence-electron chi connectivity index (χ0n) is 15.0. The number of hydrogen-bond acceptors (Lipinski definition) is 4. The molecule has 150 valence electrons. The molecule has 0 spiro atoms. The van der Waals surface area contributed by atoms with Crippen LogP contribution >= 0.6 is 0 Å². The normalized spacial score (nSPS) is 11.6. The van der Waals surface area contributed by atoms with Crippen LogP contribution in [0.15, 0.2) is 77.7 Å². The van der Waals surface area contributed by atoms with E-state index in [1.54, 1.807) is 6.07 Å². The summed E-state index contributed by atoms with van der Waals surface area (Å²) in [5.74, 6) is -1.02. The number of rotatable bonds is 7. The Kier molecular flexibility index (Phi) is 6.00. The lowest BCUT2D eigenvalue weighted by molar-refractivity contribution is -0.384. The van der Waals surface area contributed by atoms with Crippen LogP contribution in [0.25, 0.3) is 0 Å². The summed E-state index contributed by atoms with van der Waals surface area (Å²) in [5.41, 5.74) is 0.427. The maximum atomic E-state index is 14.1. The maximum Gasteiger partial charge on any atom is 0.269 e. The van der Waals surface area contributed by atoms with Gasteiger partial charge in [-0.3, -0.25) is 10.1 Å². The van der Waals surface area contributed by atoms with Crippen LogP contribution < -0.4 is 0 Å². The average molecular weight is 418 g/mol. The van der Waals surface area contributed by atoms with Crippen molar-refractivity contribution in [3.63, 3.8) is 0 Å². The largest absolute Gasteiger partial charge is 0.269 e. The third-order valence-electron chi connectivity index (χ3n) is 4.26.